The minimum atomic E-state index is -0.137. The lowest BCUT2D eigenvalue weighted by Crippen LogP contribution is -2.22. The van der Waals surface area contributed by atoms with Crippen molar-refractivity contribution in [1.82, 2.24) is 5.32 Å². The van der Waals surface area contributed by atoms with Gasteiger partial charge in [0.2, 0.25) is 0 Å². The summed E-state index contributed by atoms with van der Waals surface area (Å²) in [4.78, 5) is 12.5. The molecule has 0 fully saturated rings. The molecule has 0 atom stereocenters. The fourth-order valence-electron chi connectivity index (χ4n) is 3.13. The Labute approximate surface area is 173 Å². The number of hydrogen-bond donors (Lipinski definition) is 2. The molecular weight excluding hydrogens is 360 g/mol. The number of anilines is 2. The minimum absolute atomic E-state index is 0. The summed E-state index contributed by atoms with van der Waals surface area (Å²) in [5, 5.41) is 6.24. The molecule has 3 aromatic carbocycles. The first-order valence-corrected chi connectivity index (χ1v) is 9.53. The Morgan fingerprint density at radius 2 is 1.59 bits per heavy atom. The molecule has 2 N–H and O–H groups in total. The molecule has 4 aromatic rings. The smallest absolute Gasteiger partial charge is 0.251 e. The van der Waals surface area contributed by atoms with Crippen molar-refractivity contribution in [2.75, 3.05) is 5.32 Å². The third kappa shape index (κ3) is 4.74. The van der Waals surface area contributed by atoms with Gasteiger partial charge in [-0.05, 0) is 60.5 Å². The van der Waals surface area contributed by atoms with Gasteiger partial charge in [0.15, 0.2) is 0 Å². The van der Waals surface area contributed by atoms with Crippen molar-refractivity contribution in [3.05, 3.63) is 108 Å². The molecule has 0 spiro atoms. The van der Waals surface area contributed by atoms with Crippen LogP contribution >= 0.6 is 0 Å². The van der Waals surface area contributed by atoms with E-state index in [0.29, 0.717) is 12.1 Å². The highest BCUT2D eigenvalue weighted by molar-refractivity contribution is 5.95. The topological polar surface area (TPSA) is 54.3 Å². The van der Waals surface area contributed by atoms with Crippen LogP contribution in [0.2, 0.25) is 0 Å². The molecule has 0 aliphatic rings. The van der Waals surface area contributed by atoms with Crippen LogP contribution in [0.4, 0.5) is 11.4 Å². The van der Waals surface area contributed by atoms with E-state index in [0.717, 1.165) is 28.5 Å². The van der Waals surface area contributed by atoms with Crippen molar-refractivity contribution in [2.24, 2.45) is 0 Å². The van der Waals surface area contributed by atoms with Crippen molar-refractivity contribution in [3.63, 3.8) is 0 Å². The molecule has 0 unspecified atom stereocenters. The molecule has 0 saturated heterocycles. The third-order valence-corrected chi connectivity index (χ3v) is 4.62. The fraction of sp³-hybridized carbons (Fsp3) is 0.0800. The predicted molar refractivity (Wildman–Crippen MR) is 120 cm³/mol. The van der Waals surface area contributed by atoms with Gasteiger partial charge in [0, 0.05) is 19.8 Å². The molecule has 4 rings (SSSR count). The Hall–Kier alpha value is -3.79. The van der Waals surface area contributed by atoms with Gasteiger partial charge >= 0.3 is 0 Å². The van der Waals surface area contributed by atoms with Crippen molar-refractivity contribution in [2.45, 2.75) is 13.5 Å². The average molecular weight is 386 g/mol. The number of hydrogen-bond acceptors (Lipinski definition) is 3. The number of furan rings is 1. The molecule has 0 radical (unpaired) electrons. The SMILES string of the molecule is Cc1ccc(CNC(=O)c2cccc(Nc3ccc(-c4ccccc4)cc3)c2)o1.[HH].[HH]. The van der Waals surface area contributed by atoms with Crippen LogP contribution in [-0.4, -0.2) is 5.91 Å². The maximum Gasteiger partial charge on any atom is 0.251 e. The predicted octanol–water partition coefficient (Wildman–Crippen LogP) is 6.42. The van der Waals surface area contributed by atoms with E-state index in [9.17, 15) is 4.79 Å². The lowest BCUT2D eigenvalue weighted by Gasteiger charge is -2.10. The van der Waals surface area contributed by atoms with Crippen LogP contribution in [0.25, 0.3) is 11.1 Å². The minimum Gasteiger partial charge on any atom is -0.465 e. The zero-order chi connectivity index (χ0) is 20.1. The second-order valence-electron chi connectivity index (χ2n) is 6.84. The largest absolute Gasteiger partial charge is 0.465 e. The number of carbonyl (C=O) groups is 1. The summed E-state index contributed by atoms with van der Waals surface area (Å²) in [6, 6.07) is 29.7. The Balaban J connectivity index is 0.00000171. The van der Waals surface area contributed by atoms with E-state index in [2.05, 4.69) is 34.9 Å². The normalized spacial score (nSPS) is 10.5. The monoisotopic (exact) mass is 386 g/mol. The molecule has 4 heteroatoms. The lowest BCUT2D eigenvalue weighted by atomic mass is 10.1. The number of nitrogens with one attached hydrogen (secondary N) is 2. The van der Waals surface area contributed by atoms with Crippen LogP contribution in [0.1, 0.15) is 24.7 Å². The molecule has 1 heterocycles. The highest BCUT2D eigenvalue weighted by atomic mass is 16.3. The van der Waals surface area contributed by atoms with E-state index >= 15 is 0 Å². The summed E-state index contributed by atoms with van der Waals surface area (Å²) < 4.78 is 5.49. The van der Waals surface area contributed by atoms with Gasteiger partial charge in [0.25, 0.3) is 5.91 Å². The highest BCUT2D eigenvalue weighted by Gasteiger charge is 2.08. The van der Waals surface area contributed by atoms with Gasteiger partial charge in [-0.15, -0.1) is 0 Å². The zero-order valence-electron chi connectivity index (χ0n) is 16.2. The third-order valence-electron chi connectivity index (χ3n) is 4.62. The zero-order valence-corrected chi connectivity index (χ0v) is 16.2. The molecular formula is C25H26N2O2. The van der Waals surface area contributed by atoms with Crippen LogP contribution in [0.3, 0.4) is 0 Å². The van der Waals surface area contributed by atoms with Crippen LogP contribution in [0.15, 0.2) is 95.4 Å². The van der Waals surface area contributed by atoms with E-state index in [1.807, 2.05) is 67.6 Å². The number of aryl methyl sites for hydroxylation is 1. The molecule has 148 valence electrons. The molecule has 0 aliphatic carbocycles. The van der Waals surface area contributed by atoms with Gasteiger partial charge in [0.05, 0.1) is 6.54 Å². The first kappa shape index (κ1) is 18.6. The Morgan fingerprint density at radius 3 is 2.31 bits per heavy atom. The second-order valence-corrected chi connectivity index (χ2v) is 6.84. The van der Waals surface area contributed by atoms with Gasteiger partial charge in [-0.3, -0.25) is 4.79 Å². The standard InChI is InChI=1S/C25H22N2O2.2H2/c1-18-10-15-24(29-18)17-26-25(28)21-8-5-9-23(16-21)27-22-13-11-20(12-14-22)19-6-3-2-4-7-19;;/h2-16,27H,17H2,1H3,(H,26,28);2*1H. The van der Waals surface area contributed by atoms with Crippen LogP contribution < -0.4 is 10.6 Å². The van der Waals surface area contributed by atoms with E-state index in [1.54, 1.807) is 6.07 Å². The maximum atomic E-state index is 12.5. The fourth-order valence-corrected chi connectivity index (χ4v) is 3.13. The van der Waals surface area contributed by atoms with Crippen molar-refractivity contribution in [1.29, 1.82) is 0 Å². The number of amides is 1. The highest BCUT2D eigenvalue weighted by Crippen LogP contribution is 2.23. The van der Waals surface area contributed by atoms with Gasteiger partial charge < -0.3 is 15.1 Å². The van der Waals surface area contributed by atoms with Gasteiger partial charge in [-0.1, -0.05) is 48.5 Å². The van der Waals surface area contributed by atoms with Gasteiger partial charge in [0.1, 0.15) is 11.5 Å². The van der Waals surface area contributed by atoms with Crippen molar-refractivity contribution >= 4 is 17.3 Å². The van der Waals surface area contributed by atoms with Crippen LogP contribution in [0, 0.1) is 6.92 Å². The summed E-state index contributed by atoms with van der Waals surface area (Å²) in [5.41, 5.74) is 4.77. The quantitative estimate of drug-likeness (QED) is 0.402. The average Bonchev–Trinajstić information content (AvgIpc) is 3.18. The second kappa shape index (κ2) is 8.48. The summed E-state index contributed by atoms with van der Waals surface area (Å²) in [6.45, 7) is 2.25. The Morgan fingerprint density at radius 1 is 0.828 bits per heavy atom. The van der Waals surface area contributed by atoms with Crippen LogP contribution in [0.5, 0.6) is 0 Å². The number of rotatable bonds is 6. The maximum absolute atomic E-state index is 12.5. The van der Waals surface area contributed by atoms with E-state index in [1.165, 1.54) is 5.56 Å². The summed E-state index contributed by atoms with van der Waals surface area (Å²) >= 11 is 0. The van der Waals surface area contributed by atoms with Crippen molar-refractivity contribution in [3.8, 4) is 11.1 Å². The molecule has 29 heavy (non-hydrogen) atoms. The van der Waals surface area contributed by atoms with E-state index < -0.39 is 0 Å². The van der Waals surface area contributed by atoms with Gasteiger partial charge in [-0.2, -0.15) is 0 Å². The number of carbonyl (C=O) groups excluding carboxylic acids is 1. The summed E-state index contributed by atoms with van der Waals surface area (Å²) in [6.07, 6.45) is 0. The first-order valence-electron chi connectivity index (χ1n) is 9.53. The van der Waals surface area contributed by atoms with Gasteiger partial charge in [-0.25, -0.2) is 0 Å². The van der Waals surface area contributed by atoms with E-state index in [4.69, 9.17) is 4.42 Å². The molecule has 0 saturated carbocycles. The Kier molecular flexibility index (Phi) is 5.43. The molecule has 1 amide bonds. The summed E-state index contributed by atoms with van der Waals surface area (Å²) in [7, 11) is 0. The van der Waals surface area contributed by atoms with Crippen molar-refractivity contribution < 1.29 is 12.1 Å². The number of benzene rings is 3. The molecule has 0 bridgehead atoms. The van der Waals surface area contributed by atoms with Crippen LogP contribution in [-0.2, 0) is 6.54 Å². The molecule has 4 nitrogen and oxygen atoms in total. The Bertz CT molecular complexity index is 1110. The lowest BCUT2D eigenvalue weighted by molar-refractivity contribution is 0.0948. The first-order chi connectivity index (χ1) is 14.2. The molecule has 0 aliphatic heterocycles. The summed E-state index contributed by atoms with van der Waals surface area (Å²) in [5.74, 6) is 1.43. The van der Waals surface area contributed by atoms with E-state index in [-0.39, 0.29) is 8.76 Å². The molecule has 1 aromatic heterocycles.